The Morgan fingerprint density at radius 2 is 1.78 bits per heavy atom. The number of nitrogens with one attached hydrogen (secondary N) is 1. The molecule has 4 nitrogen and oxygen atoms in total. The number of carbonyl (C=O) groups is 1. The minimum atomic E-state index is -4.47. The lowest BCUT2D eigenvalue weighted by Gasteiger charge is -2.32. The molecule has 1 heterocycles. The Morgan fingerprint density at radius 1 is 1.07 bits per heavy atom. The fraction of sp³-hybridized carbons (Fsp3) is 0.350. The number of amides is 1. The lowest BCUT2D eigenvalue weighted by atomic mass is 10.0. The van der Waals surface area contributed by atoms with Crippen molar-refractivity contribution in [2.45, 2.75) is 31.6 Å². The lowest BCUT2D eigenvalue weighted by Crippen LogP contribution is -2.45. The Kier molecular flexibility index (Phi) is 6.01. The number of piperidine rings is 1. The summed E-state index contributed by atoms with van der Waals surface area (Å²) in [5, 5.41) is 2.74. The summed E-state index contributed by atoms with van der Waals surface area (Å²) in [4.78, 5) is 14.3. The molecule has 144 valence electrons. The number of carbonyl (C=O) groups excluding carboxylic acids is 1. The molecule has 0 aromatic heterocycles. The van der Waals surface area contributed by atoms with E-state index in [2.05, 4.69) is 22.3 Å². The highest BCUT2D eigenvalue weighted by Crippen LogP contribution is 2.31. The van der Waals surface area contributed by atoms with Crippen LogP contribution < -0.4 is 10.1 Å². The van der Waals surface area contributed by atoms with E-state index >= 15 is 0 Å². The zero-order chi connectivity index (χ0) is 19.3. The number of nitrogens with zero attached hydrogens (tertiary/aromatic N) is 1. The van der Waals surface area contributed by atoms with E-state index in [1.54, 1.807) is 0 Å². The molecule has 1 amide bonds. The average molecular weight is 378 g/mol. The third kappa shape index (κ3) is 5.72. The molecule has 0 aliphatic carbocycles. The quantitative estimate of drug-likeness (QED) is 0.854. The van der Waals surface area contributed by atoms with Gasteiger partial charge in [0.1, 0.15) is 5.75 Å². The van der Waals surface area contributed by atoms with Crippen molar-refractivity contribution < 1.29 is 22.7 Å². The summed E-state index contributed by atoms with van der Waals surface area (Å²) in [6.45, 7) is 2.54. The summed E-state index contributed by atoms with van der Waals surface area (Å²) >= 11 is 0. The third-order valence-electron chi connectivity index (χ3n) is 4.53. The number of hydrogen-bond donors (Lipinski definition) is 1. The summed E-state index contributed by atoms with van der Waals surface area (Å²) in [5.41, 5.74) is 0.398. The summed E-state index contributed by atoms with van der Waals surface area (Å²) in [5.74, 6) is -0.121. The summed E-state index contributed by atoms with van der Waals surface area (Å²) < 4.78 is 43.1. The van der Waals surface area contributed by atoms with Gasteiger partial charge in [0.2, 0.25) is 0 Å². The van der Waals surface area contributed by atoms with E-state index in [1.165, 1.54) is 17.7 Å². The van der Waals surface area contributed by atoms with Crippen molar-refractivity contribution in [2.75, 3.05) is 13.1 Å². The topological polar surface area (TPSA) is 41.6 Å². The van der Waals surface area contributed by atoms with E-state index in [4.69, 9.17) is 4.74 Å². The third-order valence-corrected chi connectivity index (χ3v) is 4.53. The molecule has 2 aromatic carbocycles. The normalized spacial score (nSPS) is 16.1. The van der Waals surface area contributed by atoms with Gasteiger partial charge < -0.3 is 10.1 Å². The fourth-order valence-corrected chi connectivity index (χ4v) is 3.12. The molecule has 0 radical (unpaired) electrons. The number of likely N-dealkylation sites (tertiary alicyclic amines) is 1. The molecule has 27 heavy (non-hydrogen) atoms. The van der Waals surface area contributed by atoms with E-state index in [9.17, 15) is 18.0 Å². The molecule has 0 bridgehead atoms. The van der Waals surface area contributed by atoms with Gasteiger partial charge in [-0.25, -0.2) is 4.79 Å². The molecular weight excluding hydrogens is 357 g/mol. The summed E-state index contributed by atoms with van der Waals surface area (Å²) in [6, 6.07) is 14.4. The van der Waals surface area contributed by atoms with Crippen LogP contribution in [0.5, 0.6) is 5.75 Å². The smallest absolute Gasteiger partial charge is 0.410 e. The highest BCUT2D eigenvalue weighted by Gasteiger charge is 2.31. The fourth-order valence-electron chi connectivity index (χ4n) is 3.12. The van der Waals surface area contributed by atoms with Crippen LogP contribution in [0.1, 0.15) is 24.0 Å². The van der Waals surface area contributed by atoms with Crippen molar-refractivity contribution in [3.05, 3.63) is 65.7 Å². The Labute approximate surface area is 155 Å². The Morgan fingerprint density at radius 3 is 2.44 bits per heavy atom. The molecule has 0 saturated carbocycles. The molecule has 1 aliphatic rings. The lowest BCUT2D eigenvalue weighted by molar-refractivity contribution is -0.137. The van der Waals surface area contributed by atoms with E-state index in [0.29, 0.717) is 0 Å². The van der Waals surface area contributed by atoms with Crippen molar-refractivity contribution in [1.82, 2.24) is 10.2 Å². The Balaban J connectivity index is 1.46. The second-order valence-corrected chi connectivity index (χ2v) is 6.60. The molecule has 1 fully saturated rings. The van der Waals surface area contributed by atoms with Crippen molar-refractivity contribution in [3.8, 4) is 5.75 Å². The van der Waals surface area contributed by atoms with E-state index in [-0.39, 0.29) is 11.8 Å². The Bertz CT molecular complexity index is 757. The molecule has 0 spiro atoms. The molecule has 7 heteroatoms. The van der Waals surface area contributed by atoms with Crippen LogP contribution in [-0.4, -0.2) is 30.1 Å². The predicted molar refractivity (Wildman–Crippen MR) is 95.3 cm³/mol. The minimum absolute atomic E-state index is 0.0460. The van der Waals surface area contributed by atoms with Gasteiger partial charge in [0.15, 0.2) is 0 Å². The molecule has 1 aliphatic heterocycles. The molecule has 3 rings (SSSR count). The van der Waals surface area contributed by atoms with Gasteiger partial charge in [-0.05, 0) is 36.6 Å². The number of halogens is 3. The first-order valence-electron chi connectivity index (χ1n) is 8.82. The maximum Gasteiger partial charge on any atom is 0.416 e. The number of hydrogen-bond acceptors (Lipinski definition) is 3. The summed E-state index contributed by atoms with van der Waals surface area (Å²) in [6.07, 6.45) is -3.66. The van der Waals surface area contributed by atoms with Crippen LogP contribution in [0.2, 0.25) is 0 Å². The molecule has 2 aromatic rings. The summed E-state index contributed by atoms with van der Waals surface area (Å²) in [7, 11) is 0. The number of alkyl halides is 3. The van der Waals surface area contributed by atoms with Gasteiger partial charge in [0, 0.05) is 25.7 Å². The zero-order valence-electron chi connectivity index (χ0n) is 14.7. The maximum atomic E-state index is 12.7. The van der Waals surface area contributed by atoms with Gasteiger partial charge in [0.05, 0.1) is 5.56 Å². The van der Waals surface area contributed by atoms with Crippen LogP contribution in [0.25, 0.3) is 0 Å². The molecule has 1 N–H and O–H groups in total. The van der Waals surface area contributed by atoms with Crippen LogP contribution in [0.3, 0.4) is 0 Å². The average Bonchev–Trinajstić information content (AvgIpc) is 2.64. The van der Waals surface area contributed by atoms with E-state index < -0.39 is 17.8 Å². The largest absolute Gasteiger partial charge is 0.416 e. The second-order valence-electron chi connectivity index (χ2n) is 6.60. The first-order chi connectivity index (χ1) is 12.9. The molecule has 0 atom stereocenters. The van der Waals surface area contributed by atoms with Gasteiger partial charge in [-0.15, -0.1) is 0 Å². The van der Waals surface area contributed by atoms with Gasteiger partial charge in [-0.2, -0.15) is 13.2 Å². The second kappa shape index (κ2) is 8.43. The van der Waals surface area contributed by atoms with Crippen LogP contribution in [0, 0.1) is 0 Å². The highest BCUT2D eigenvalue weighted by atomic mass is 19.4. The standard InChI is InChI=1S/C20H21F3N2O2/c21-20(22,23)16-7-4-8-18(13-16)27-19(26)24-17-9-11-25(12-10-17)14-15-5-2-1-3-6-15/h1-8,13,17H,9-12,14H2,(H,24,26). The zero-order valence-corrected chi connectivity index (χ0v) is 14.7. The number of ether oxygens (including phenoxy) is 1. The van der Waals surface area contributed by atoms with Crippen molar-refractivity contribution in [2.24, 2.45) is 0 Å². The van der Waals surface area contributed by atoms with Crippen molar-refractivity contribution in [1.29, 1.82) is 0 Å². The van der Waals surface area contributed by atoms with Crippen LogP contribution in [0.4, 0.5) is 18.0 Å². The van der Waals surface area contributed by atoms with Crippen LogP contribution in [0.15, 0.2) is 54.6 Å². The van der Waals surface area contributed by atoms with Gasteiger partial charge >= 0.3 is 12.3 Å². The SMILES string of the molecule is O=C(NC1CCN(Cc2ccccc2)CC1)Oc1cccc(C(F)(F)F)c1. The first kappa shape index (κ1) is 19.2. The van der Waals surface area contributed by atoms with Gasteiger partial charge in [-0.3, -0.25) is 4.90 Å². The van der Waals surface area contributed by atoms with Crippen LogP contribution in [-0.2, 0) is 12.7 Å². The molecular formula is C20H21F3N2O2. The molecule has 0 unspecified atom stereocenters. The van der Waals surface area contributed by atoms with Gasteiger partial charge in [0.25, 0.3) is 0 Å². The van der Waals surface area contributed by atoms with E-state index in [0.717, 1.165) is 44.6 Å². The maximum absolute atomic E-state index is 12.7. The monoisotopic (exact) mass is 378 g/mol. The van der Waals surface area contributed by atoms with Crippen LogP contribution >= 0.6 is 0 Å². The number of rotatable bonds is 4. The minimum Gasteiger partial charge on any atom is -0.410 e. The van der Waals surface area contributed by atoms with Gasteiger partial charge in [-0.1, -0.05) is 36.4 Å². The van der Waals surface area contributed by atoms with E-state index in [1.807, 2.05) is 18.2 Å². The highest BCUT2D eigenvalue weighted by molar-refractivity contribution is 5.70. The Hall–Kier alpha value is -2.54. The first-order valence-corrected chi connectivity index (χ1v) is 8.82. The van der Waals surface area contributed by atoms with Crippen molar-refractivity contribution >= 4 is 6.09 Å². The number of benzene rings is 2. The predicted octanol–water partition coefficient (Wildman–Crippen LogP) is 4.46. The molecule has 1 saturated heterocycles. The van der Waals surface area contributed by atoms with Crippen molar-refractivity contribution in [3.63, 3.8) is 0 Å².